The van der Waals surface area contributed by atoms with Crippen LogP contribution in [0, 0.1) is 0 Å². The molecule has 0 radical (unpaired) electrons. The molecule has 0 aliphatic carbocycles. The number of carbonyl (C=O) groups excluding carboxylic acids is 1. The van der Waals surface area contributed by atoms with Crippen LogP contribution in [0.2, 0.25) is 0 Å². The van der Waals surface area contributed by atoms with Crippen molar-refractivity contribution in [2.75, 3.05) is 38.2 Å². The van der Waals surface area contributed by atoms with Gasteiger partial charge in [-0.2, -0.15) is 5.10 Å². The minimum absolute atomic E-state index is 0.293. The molecule has 2 N–H and O–H groups in total. The molecule has 0 atom stereocenters. The average molecular weight is 486 g/mol. The van der Waals surface area contributed by atoms with E-state index >= 15 is 0 Å². The van der Waals surface area contributed by atoms with Gasteiger partial charge in [-0.25, -0.2) is 0 Å². The number of hydrogen-bond donors (Lipinski definition) is 2. The van der Waals surface area contributed by atoms with E-state index in [1.54, 1.807) is 18.2 Å². The highest BCUT2D eigenvalue weighted by Gasteiger charge is 2.18. The topological polar surface area (TPSA) is 91.8 Å². The number of H-pyrrole nitrogens is 1. The van der Waals surface area contributed by atoms with Crippen molar-refractivity contribution in [2.24, 2.45) is 4.99 Å². The van der Waals surface area contributed by atoms with E-state index < -0.39 is 0 Å². The third-order valence-corrected chi connectivity index (χ3v) is 6.55. The zero-order chi connectivity index (χ0) is 24.9. The monoisotopic (exact) mass is 485 g/mol. The molecule has 36 heavy (non-hydrogen) atoms. The van der Waals surface area contributed by atoms with Crippen LogP contribution in [-0.2, 0) is 0 Å². The smallest absolute Gasteiger partial charge is 0.276 e. The van der Waals surface area contributed by atoms with Gasteiger partial charge < -0.3 is 14.8 Å². The molecule has 0 bridgehead atoms. The van der Waals surface area contributed by atoms with E-state index in [0.717, 1.165) is 47.2 Å². The van der Waals surface area contributed by atoms with Crippen LogP contribution in [0.1, 0.15) is 42.2 Å². The van der Waals surface area contributed by atoms with Crippen molar-refractivity contribution in [3.63, 3.8) is 0 Å². The average Bonchev–Trinajstić information content (AvgIpc) is 3.33. The zero-order valence-electron chi connectivity index (χ0n) is 20.5. The van der Waals surface area contributed by atoms with Gasteiger partial charge in [0.15, 0.2) is 17.2 Å². The highest BCUT2D eigenvalue weighted by Crippen LogP contribution is 2.33. The predicted octanol–water partition coefficient (Wildman–Crippen LogP) is 5.06. The predicted molar refractivity (Wildman–Crippen MR) is 143 cm³/mol. The number of piperidine rings is 1. The van der Waals surface area contributed by atoms with Crippen LogP contribution in [0.5, 0.6) is 11.5 Å². The van der Waals surface area contributed by atoms with Gasteiger partial charge >= 0.3 is 0 Å². The van der Waals surface area contributed by atoms with Crippen LogP contribution < -0.4 is 14.8 Å². The molecule has 0 saturated carbocycles. The number of allylic oxidation sites excluding steroid dienone is 1. The highest BCUT2D eigenvalue weighted by molar-refractivity contribution is 6.11. The molecule has 1 fully saturated rings. The SMILES string of the molecule is C=N/C=C(\C=C(/C)c1ccc2[nH]nc(C(=O)Nc3ccc4c(c3)OCCO4)c2c1)CN1CCCCC1. The summed E-state index contributed by atoms with van der Waals surface area (Å²) >= 11 is 0. The van der Waals surface area contributed by atoms with Crippen LogP contribution in [0.4, 0.5) is 5.69 Å². The second-order valence-electron chi connectivity index (χ2n) is 9.20. The van der Waals surface area contributed by atoms with Gasteiger partial charge in [0.05, 0.1) is 5.52 Å². The fraction of sp³-hybridized carbons (Fsp3) is 0.321. The number of hydrogen-bond acceptors (Lipinski definition) is 6. The summed E-state index contributed by atoms with van der Waals surface area (Å²) in [6.07, 6.45) is 7.77. The molecule has 8 nitrogen and oxygen atoms in total. The van der Waals surface area contributed by atoms with E-state index in [0.29, 0.717) is 36.1 Å². The number of anilines is 1. The molecule has 8 heteroatoms. The van der Waals surface area contributed by atoms with Gasteiger partial charge in [-0.05, 0) is 80.5 Å². The Balaban J connectivity index is 1.36. The number of nitrogens with one attached hydrogen (secondary N) is 2. The minimum atomic E-state index is -0.293. The van der Waals surface area contributed by atoms with E-state index in [9.17, 15) is 4.79 Å². The quantitative estimate of drug-likeness (QED) is 0.361. The first-order valence-corrected chi connectivity index (χ1v) is 12.4. The van der Waals surface area contributed by atoms with Gasteiger partial charge in [-0.15, -0.1) is 0 Å². The molecule has 3 aromatic rings. The molecule has 0 spiro atoms. The van der Waals surface area contributed by atoms with E-state index in [1.807, 2.05) is 24.4 Å². The van der Waals surface area contributed by atoms with Crippen LogP contribution in [0.15, 0.2) is 59.2 Å². The summed E-state index contributed by atoms with van der Waals surface area (Å²) in [6.45, 7) is 9.82. The molecule has 3 heterocycles. The van der Waals surface area contributed by atoms with Crippen LogP contribution in [0.3, 0.4) is 0 Å². The molecular weight excluding hydrogens is 454 g/mol. The number of fused-ring (bicyclic) bond motifs is 2. The van der Waals surface area contributed by atoms with Crippen molar-refractivity contribution < 1.29 is 14.3 Å². The maximum absolute atomic E-state index is 13.1. The van der Waals surface area contributed by atoms with Crippen molar-refractivity contribution in [1.82, 2.24) is 15.1 Å². The third kappa shape index (κ3) is 5.33. The number of nitrogens with zero attached hydrogens (tertiary/aromatic N) is 3. The normalized spacial score (nSPS) is 16.7. The summed E-state index contributed by atoms with van der Waals surface area (Å²) < 4.78 is 11.2. The number of carbonyl (C=O) groups is 1. The lowest BCUT2D eigenvalue weighted by Gasteiger charge is -2.26. The third-order valence-electron chi connectivity index (χ3n) is 6.55. The Hall–Kier alpha value is -3.91. The lowest BCUT2D eigenvalue weighted by molar-refractivity contribution is 0.102. The first kappa shape index (κ1) is 23.8. The summed E-state index contributed by atoms with van der Waals surface area (Å²) in [4.78, 5) is 19.6. The summed E-state index contributed by atoms with van der Waals surface area (Å²) in [5, 5.41) is 10.9. The Morgan fingerprint density at radius 2 is 1.94 bits per heavy atom. The van der Waals surface area contributed by atoms with Gasteiger partial charge in [0.1, 0.15) is 13.2 Å². The van der Waals surface area contributed by atoms with Gasteiger partial charge in [0, 0.05) is 29.9 Å². The first-order valence-electron chi connectivity index (χ1n) is 12.4. The molecule has 2 aliphatic rings. The van der Waals surface area contributed by atoms with E-state index in [2.05, 4.69) is 45.1 Å². The summed E-state index contributed by atoms with van der Waals surface area (Å²) in [5.41, 5.74) is 4.99. The summed E-state index contributed by atoms with van der Waals surface area (Å²) in [7, 11) is 0. The number of aromatic amines is 1. The number of aliphatic imine (C=N–C) groups is 1. The van der Waals surface area contributed by atoms with E-state index in [1.165, 1.54) is 19.3 Å². The Bertz CT molecular complexity index is 1330. The summed E-state index contributed by atoms with van der Waals surface area (Å²) in [6, 6.07) is 11.4. The molecule has 2 aromatic carbocycles. The largest absolute Gasteiger partial charge is 0.486 e. The molecule has 1 amide bonds. The molecule has 0 unspecified atom stereocenters. The van der Waals surface area contributed by atoms with Crippen molar-refractivity contribution in [1.29, 1.82) is 0 Å². The van der Waals surface area contributed by atoms with Crippen LogP contribution in [-0.4, -0.2) is 60.6 Å². The molecular formula is C28H31N5O3. The maximum atomic E-state index is 13.1. The summed E-state index contributed by atoms with van der Waals surface area (Å²) in [5.74, 6) is 1.01. The second-order valence-corrected chi connectivity index (χ2v) is 9.20. The lowest BCUT2D eigenvalue weighted by Crippen LogP contribution is -2.31. The van der Waals surface area contributed by atoms with Crippen molar-refractivity contribution in [3.8, 4) is 11.5 Å². The number of rotatable bonds is 7. The number of benzene rings is 2. The van der Waals surface area contributed by atoms with Gasteiger partial charge in [-0.3, -0.25) is 19.8 Å². The Labute approximate surface area is 210 Å². The fourth-order valence-electron chi connectivity index (χ4n) is 4.72. The molecule has 186 valence electrons. The van der Waals surface area contributed by atoms with Crippen LogP contribution >= 0.6 is 0 Å². The maximum Gasteiger partial charge on any atom is 0.276 e. The van der Waals surface area contributed by atoms with E-state index in [4.69, 9.17) is 9.47 Å². The van der Waals surface area contributed by atoms with Crippen molar-refractivity contribution >= 4 is 34.8 Å². The van der Waals surface area contributed by atoms with Gasteiger partial charge in [-0.1, -0.05) is 18.6 Å². The van der Waals surface area contributed by atoms with E-state index in [-0.39, 0.29) is 5.91 Å². The number of aromatic nitrogens is 2. The number of amides is 1. The highest BCUT2D eigenvalue weighted by atomic mass is 16.6. The Morgan fingerprint density at radius 1 is 1.14 bits per heavy atom. The zero-order valence-corrected chi connectivity index (χ0v) is 20.5. The standard InChI is InChI=1S/C28H31N5O3/c1-19(14-20(17-29-2)18-33-10-4-3-5-11-33)21-6-8-24-23(15-21)27(32-31-24)28(34)30-22-7-9-25-26(16-22)36-13-12-35-25/h6-9,14-17H,2-5,10-13,18H2,1H3,(H,30,34)(H,31,32)/b19-14+,20-17+. The van der Waals surface area contributed by atoms with Crippen molar-refractivity contribution in [2.45, 2.75) is 26.2 Å². The second kappa shape index (κ2) is 10.8. The number of likely N-dealkylation sites (tertiary alicyclic amines) is 1. The minimum Gasteiger partial charge on any atom is -0.486 e. The first-order chi connectivity index (χ1) is 17.6. The number of ether oxygens (including phenoxy) is 2. The van der Waals surface area contributed by atoms with Crippen LogP contribution in [0.25, 0.3) is 16.5 Å². The molecule has 5 rings (SSSR count). The van der Waals surface area contributed by atoms with Crippen molar-refractivity contribution in [3.05, 3.63) is 65.5 Å². The Kier molecular flexibility index (Phi) is 7.13. The molecule has 1 saturated heterocycles. The Morgan fingerprint density at radius 3 is 2.75 bits per heavy atom. The van der Waals surface area contributed by atoms with Gasteiger partial charge in [0.2, 0.25) is 0 Å². The van der Waals surface area contributed by atoms with Gasteiger partial charge in [0.25, 0.3) is 5.91 Å². The fourth-order valence-corrected chi connectivity index (χ4v) is 4.72. The molecule has 1 aromatic heterocycles. The lowest BCUT2D eigenvalue weighted by atomic mass is 10.0. The molecule has 2 aliphatic heterocycles.